The number of aromatic nitrogens is 2. The summed E-state index contributed by atoms with van der Waals surface area (Å²) in [6, 6.07) is 13.5. The number of para-hydroxylation sites is 3. The van der Waals surface area contributed by atoms with Gasteiger partial charge in [-0.3, -0.25) is 24.4 Å². The second-order valence-electron chi connectivity index (χ2n) is 6.05. The number of aryl methyl sites for hydroxylation is 1. The Morgan fingerprint density at radius 2 is 1.86 bits per heavy atom. The Kier molecular flexibility index (Phi) is 5.95. The van der Waals surface area contributed by atoms with E-state index in [1.54, 1.807) is 41.1 Å². The first kappa shape index (κ1) is 19.0. The maximum atomic E-state index is 12.1. The molecule has 0 atom stereocenters. The van der Waals surface area contributed by atoms with E-state index in [0.29, 0.717) is 36.2 Å². The molecule has 0 aliphatic heterocycles. The highest BCUT2D eigenvalue weighted by molar-refractivity contribution is 5.79. The molecular weight excluding hydrogens is 362 g/mol. The zero-order valence-electron chi connectivity index (χ0n) is 15.0. The summed E-state index contributed by atoms with van der Waals surface area (Å²) in [7, 11) is 0. The molecule has 0 aliphatic carbocycles. The van der Waals surface area contributed by atoms with Crippen molar-refractivity contribution < 1.29 is 9.72 Å². The van der Waals surface area contributed by atoms with Crippen LogP contribution in [0, 0.1) is 10.1 Å². The molecule has 0 radical (unpaired) electrons. The number of hydrogen-bond donors (Lipinski definition) is 2. The lowest BCUT2D eigenvalue weighted by Crippen LogP contribution is -2.29. The van der Waals surface area contributed by atoms with Crippen molar-refractivity contribution in [3.63, 3.8) is 0 Å². The van der Waals surface area contributed by atoms with Crippen molar-refractivity contribution in [2.75, 3.05) is 18.4 Å². The summed E-state index contributed by atoms with van der Waals surface area (Å²) in [5.74, 6) is -0.172. The third-order valence-corrected chi connectivity index (χ3v) is 4.18. The molecular formula is C19H19N5O4. The molecule has 0 bridgehead atoms. The molecule has 1 heterocycles. The van der Waals surface area contributed by atoms with Crippen LogP contribution in [0.2, 0.25) is 0 Å². The number of nitrogens with zero attached hydrogens (tertiary/aromatic N) is 3. The van der Waals surface area contributed by atoms with Gasteiger partial charge in [-0.25, -0.2) is 0 Å². The van der Waals surface area contributed by atoms with E-state index in [2.05, 4.69) is 15.7 Å². The van der Waals surface area contributed by atoms with Gasteiger partial charge in [0.15, 0.2) is 0 Å². The van der Waals surface area contributed by atoms with E-state index in [1.165, 1.54) is 12.3 Å². The number of nitro benzene ring substituents is 1. The molecule has 0 unspecified atom stereocenters. The van der Waals surface area contributed by atoms with Gasteiger partial charge >= 0.3 is 0 Å². The second kappa shape index (κ2) is 8.76. The van der Waals surface area contributed by atoms with Crippen LogP contribution in [0.15, 0.2) is 59.5 Å². The zero-order valence-corrected chi connectivity index (χ0v) is 15.0. The summed E-state index contributed by atoms with van der Waals surface area (Å²) in [5, 5.41) is 21.3. The number of hydrogen-bond acceptors (Lipinski definition) is 6. The van der Waals surface area contributed by atoms with Crippen molar-refractivity contribution in [1.29, 1.82) is 0 Å². The van der Waals surface area contributed by atoms with E-state index in [9.17, 15) is 19.7 Å². The van der Waals surface area contributed by atoms with E-state index in [0.717, 1.165) is 0 Å². The van der Waals surface area contributed by atoms with Gasteiger partial charge in [0.05, 0.1) is 23.2 Å². The maximum Gasteiger partial charge on any atom is 0.292 e. The molecule has 9 heteroatoms. The molecule has 0 fully saturated rings. The molecule has 0 saturated heterocycles. The molecule has 9 nitrogen and oxygen atoms in total. The monoisotopic (exact) mass is 381 g/mol. The summed E-state index contributed by atoms with van der Waals surface area (Å²) in [6.07, 6.45) is 1.45. The van der Waals surface area contributed by atoms with Crippen molar-refractivity contribution in [1.82, 2.24) is 15.1 Å². The summed E-state index contributed by atoms with van der Waals surface area (Å²) >= 11 is 0. The quantitative estimate of drug-likeness (QED) is 0.350. The summed E-state index contributed by atoms with van der Waals surface area (Å²) < 4.78 is 1.63. The van der Waals surface area contributed by atoms with Gasteiger partial charge in [-0.15, -0.1) is 0 Å². The number of benzene rings is 2. The van der Waals surface area contributed by atoms with Gasteiger partial charge in [-0.05, 0) is 18.2 Å². The Bertz CT molecular complexity index is 1060. The third-order valence-electron chi connectivity index (χ3n) is 4.18. The molecule has 1 amide bonds. The number of nitro groups is 1. The lowest BCUT2D eigenvalue weighted by atomic mass is 10.2. The van der Waals surface area contributed by atoms with Gasteiger partial charge in [0.1, 0.15) is 5.69 Å². The van der Waals surface area contributed by atoms with E-state index >= 15 is 0 Å². The van der Waals surface area contributed by atoms with E-state index in [1.807, 2.05) is 6.07 Å². The highest BCUT2D eigenvalue weighted by Gasteiger charge is 2.11. The van der Waals surface area contributed by atoms with Crippen molar-refractivity contribution >= 4 is 28.2 Å². The predicted molar refractivity (Wildman–Crippen MR) is 105 cm³/mol. The van der Waals surface area contributed by atoms with Crippen LogP contribution in [0.25, 0.3) is 10.9 Å². The first-order valence-corrected chi connectivity index (χ1v) is 8.75. The van der Waals surface area contributed by atoms with Crippen LogP contribution < -0.4 is 16.1 Å². The normalized spacial score (nSPS) is 10.6. The molecule has 144 valence electrons. The van der Waals surface area contributed by atoms with Gasteiger partial charge in [0.25, 0.3) is 5.69 Å². The van der Waals surface area contributed by atoms with Gasteiger partial charge in [-0.2, -0.15) is 5.10 Å². The summed E-state index contributed by atoms with van der Waals surface area (Å²) in [6.45, 7) is 1.02. The fourth-order valence-electron chi connectivity index (χ4n) is 2.82. The first-order valence-electron chi connectivity index (χ1n) is 8.75. The van der Waals surface area contributed by atoms with Gasteiger partial charge in [0.2, 0.25) is 11.3 Å². The fourth-order valence-corrected chi connectivity index (χ4v) is 2.82. The van der Waals surface area contributed by atoms with Crippen LogP contribution in [-0.2, 0) is 11.3 Å². The van der Waals surface area contributed by atoms with Crippen molar-refractivity contribution in [2.45, 2.75) is 13.0 Å². The van der Waals surface area contributed by atoms with E-state index in [4.69, 9.17) is 0 Å². The molecule has 0 aliphatic rings. The van der Waals surface area contributed by atoms with Crippen molar-refractivity contribution in [3.8, 4) is 0 Å². The molecule has 3 aromatic rings. The second-order valence-corrected chi connectivity index (χ2v) is 6.05. The predicted octanol–water partition coefficient (Wildman–Crippen LogP) is 1.92. The van der Waals surface area contributed by atoms with Crippen molar-refractivity contribution in [3.05, 3.63) is 75.1 Å². The van der Waals surface area contributed by atoms with Crippen LogP contribution >= 0.6 is 0 Å². The topological polar surface area (TPSA) is 119 Å². The van der Waals surface area contributed by atoms with Crippen LogP contribution in [0.5, 0.6) is 0 Å². The molecule has 1 aromatic heterocycles. The smallest absolute Gasteiger partial charge is 0.292 e. The Labute approximate surface area is 160 Å². The third kappa shape index (κ3) is 4.50. The van der Waals surface area contributed by atoms with Crippen LogP contribution in [-0.4, -0.2) is 33.7 Å². The maximum absolute atomic E-state index is 12.1. The number of nitrogens with one attached hydrogen (secondary N) is 2. The Hall–Kier alpha value is -3.75. The molecule has 2 aromatic carbocycles. The van der Waals surface area contributed by atoms with Crippen LogP contribution in [0.1, 0.15) is 6.42 Å². The molecule has 28 heavy (non-hydrogen) atoms. The lowest BCUT2D eigenvalue weighted by Gasteiger charge is -2.10. The van der Waals surface area contributed by atoms with Gasteiger partial charge in [0, 0.05) is 31.0 Å². The van der Waals surface area contributed by atoms with Crippen LogP contribution in [0.4, 0.5) is 11.4 Å². The number of carbonyl (C=O) groups is 1. The van der Waals surface area contributed by atoms with Crippen molar-refractivity contribution in [2.24, 2.45) is 0 Å². The zero-order chi connectivity index (χ0) is 19.9. The molecule has 0 saturated carbocycles. The number of carbonyl (C=O) groups excluding carboxylic acids is 1. The van der Waals surface area contributed by atoms with Gasteiger partial charge in [-0.1, -0.05) is 24.3 Å². The highest BCUT2D eigenvalue weighted by atomic mass is 16.6. The minimum absolute atomic E-state index is 0.00926. The number of fused-ring (bicyclic) bond motifs is 1. The van der Waals surface area contributed by atoms with Crippen LogP contribution in [0.3, 0.4) is 0 Å². The molecule has 2 N–H and O–H groups in total. The number of rotatable bonds is 8. The summed E-state index contributed by atoms with van der Waals surface area (Å²) in [5.41, 5.74) is 0.925. The number of anilines is 1. The Morgan fingerprint density at radius 1 is 1.11 bits per heavy atom. The Morgan fingerprint density at radius 3 is 2.68 bits per heavy atom. The standard InChI is InChI=1S/C19H19N5O4/c25-18-13-22-23(16-7-3-1-5-14(16)18)12-9-19(26)21-11-10-20-15-6-2-4-8-17(15)24(27)28/h1-8,13,20H,9-12H2,(H,21,26). The highest BCUT2D eigenvalue weighted by Crippen LogP contribution is 2.22. The Balaban J connectivity index is 1.49. The van der Waals surface area contributed by atoms with E-state index in [-0.39, 0.29) is 23.4 Å². The lowest BCUT2D eigenvalue weighted by molar-refractivity contribution is -0.384. The minimum Gasteiger partial charge on any atom is -0.378 e. The average molecular weight is 381 g/mol. The minimum atomic E-state index is -0.456. The SMILES string of the molecule is O=C(CCn1ncc(=O)c2ccccc21)NCCNc1ccccc1[N+](=O)[O-]. The molecule has 0 spiro atoms. The fraction of sp³-hybridized carbons (Fsp3) is 0.211. The summed E-state index contributed by atoms with van der Waals surface area (Å²) in [4.78, 5) is 34.4. The van der Waals surface area contributed by atoms with E-state index < -0.39 is 4.92 Å². The largest absolute Gasteiger partial charge is 0.378 e. The first-order chi connectivity index (χ1) is 13.6. The van der Waals surface area contributed by atoms with Gasteiger partial charge < -0.3 is 10.6 Å². The molecule has 3 rings (SSSR count). The number of amides is 1. The average Bonchev–Trinajstić information content (AvgIpc) is 2.71.